The third kappa shape index (κ3) is 6.16. The molecule has 174 valence electrons. The molecule has 1 aliphatic heterocycles. The summed E-state index contributed by atoms with van der Waals surface area (Å²) >= 11 is 1.99. The molecule has 1 atom stereocenters. The van der Waals surface area contributed by atoms with Crippen LogP contribution in [0.15, 0.2) is 30.3 Å². The van der Waals surface area contributed by atoms with E-state index in [0.717, 1.165) is 25.0 Å². The Balaban J connectivity index is 1.81. The molecule has 0 aromatic heterocycles. The van der Waals surface area contributed by atoms with E-state index in [1.807, 2.05) is 22.6 Å². The molecule has 1 fully saturated rings. The standard InChI is InChI=1S/C22H25F2IN2O4S/c1-32(29,30)27-8-3-2-4-18(27)7-9-31-20-12-16(23)11-15(21(20)22(26)28)10-14-5-6-17(25)13-19(14)24/h5-6,11-13,18H,2-4,7-10H2,1H3,(H2,26,28). The summed E-state index contributed by atoms with van der Waals surface area (Å²) in [6, 6.07) is 6.66. The molecule has 2 aromatic carbocycles. The number of carbonyl (C=O) groups excluding carboxylic acids is 1. The number of carbonyl (C=O) groups is 1. The maximum absolute atomic E-state index is 14.3. The number of nitrogens with zero attached hydrogens (tertiary/aromatic N) is 1. The Labute approximate surface area is 200 Å². The second-order valence-electron chi connectivity index (χ2n) is 7.88. The molecule has 0 aliphatic carbocycles. The molecule has 2 N–H and O–H groups in total. The zero-order chi connectivity index (χ0) is 23.5. The summed E-state index contributed by atoms with van der Waals surface area (Å²) in [5.41, 5.74) is 6.07. The van der Waals surface area contributed by atoms with E-state index in [2.05, 4.69) is 0 Å². The van der Waals surface area contributed by atoms with Gasteiger partial charge in [-0.05, 0) is 71.2 Å². The van der Waals surface area contributed by atoms with Gasteiger partial charge in [0, 0.05) is 28.6 Å². The molecule has 32 heavy (non-hydrogen) atoms. The second kappa shape index (κ2) is 10.4. The molecule has 0 saturated carbocycles. The van der Waals surface area contributed by atoms with Gasteiger partial charge in [-0.1, -0.05) is 12.5 Å². The molecule has 0 bridgehead atoms. The molecule has 10 heteroatoms. The SMILES string of the molecule is CS(=O)(=O)N1CCCCC1CCOc1cc(F)cc(Cc2ccc(I)cc2F)c1C(N)=O. The first-order valence-corrected chi connectivity index (χ1v) is 13.1. The molecule has 1 amide bonds. The fraction of sp³-hybridized carbons (Fsp3) is 0.409. The highest BCUT2D eigenvalue weighted by atomic mass is 127. The van der Waals surface area contributed by atoms with Gasteiger partial charge < -0.3 is 10.5 Å². The fourth-order valence-electron chi connectivity index (χ4n) is 4.04. The van der Waals surface area contributed by atoms with Gasteiger partial charge in [-0.2, -0.15) is 4.31 Å². The number of amides is 1. The quantitative estimate of drug-likeness (QED) is 0.483. The first-order chi connectivity index (χ1) is 15.1. The van der Waals surface area contributed by atoms with Crippen LogP contribution in [0.25, 0.3) is 0 Å². The van der Waals surface area contributed by atoms with Crippen molar-refractivity contribution in [3.8, 4) is 5.75 Å². The number of piperidine rings is 1. The van der Waals surface area contributed by atoms with Gasteiger partial charge in [-0.25, -0.2) is 17.2 Å². The summed E-state index contributed by atoms with van der Waals surface area (Å²) in [6.45, 7) is 0.541. The molecule has 2 aromatic rings. The molecule has 0 radical (unpaired) electrons. The van der Waals surface area contributed by atoms with Gasteiger partial charge in [0.25, 0.3) is 5.91 Å². The van der Waals surface area contributed by atoms with Crippen molar-refractivity contribution in [2.75, 3.05) is 19.4 Å². The van der Waals surface area contributed by atoms with Crippen molar-refractivity contribution < 1.29 is 26.7 Å². The van der Waals surface area contributed by atoms with Crippen LogP contribution in [0, 0.1) is 15.2 Å². The Bertz CT molecular complexity index is 1110. The zero-order valence-electron chi connectivity index (χ0n) is 17.6. The number of hydrogen-bond donors (Lipinski definition) is 1. The highest BCUT2D eigenvalue weighted by Crippen LogP contribution is 2.28. The summed E-state index contributed by atoms with van der Waals surface area (Å²) in [6.07, 6.45) is 3.97. The van der Waals surface area contributed by atoms with E-state index in [1.165, 1.54) is 16.6 Å². The summed E-state index contributed by atoms with van der Waals surface area (Å²) in [4.78, 5) is 12.2. The van der Waals surface area contributed by atoms with Gasteiger partial charge in [-0.15, -0.1) is 0 Å². The lowest BCUT2D eigenvalue weighted by Gasteiger charge is -2.33. The molecule has 6 nitrogen and oxygen atoms in total. The summed E-state index contributed by atoms with van der Waals surface area (Å²) in [5, 5.41) is 0. The van der Waals surface area contributed by atoms with E-state index in [4.69, 9.17) is 10.5 Å². The lowest BCUT2D eigenvalue weighted by molar-refractivity contribution is 0.0995. The average molecular weight is 578 g/mol. The number of benzene rings is 2. The third-order valence-electron chi connectivity index (χ3n) is 5.50. The van der Waals surface area contributed by atoms with Crippen LogP contribution in [0.3, 0.4) is 0 Å². The van der Waals surface area contributed by atoms with Crippen molar-refractivity contribution in [2.45, 2.75) is 38.1 Å². The highest BCUT2D eigenvalue weighted by molar-refractivity contribution is 14.1. The maximum atomic E-state index is 14.3. The van der Waals surface area contributed by atoms with Crippen LogP contribution in [-0.2, 0) is 16.4 Å². The molecular weight excluding hydrogens is 553 g/mol. The molecule has 0 spiro atoms. The summed E-state index contributed by atoms with van der Waals surface area (Å²) < 4.78 is 60.6. The molecule has 1 heterocycles. The van der Waals surface area contributed by atoms with Crippen molar-refractivity contribution in [1.29, 1.82) is 0 Å². The molecule has 1 saturated heterocycles. The van der Waals surface area contributed by atoms with Gasteiger partial charge in [-0.3, -0.25) is 4.79 Å². The Hall–Kier alpha value is -1.79. The van der Waals surface area contributed by atoms with Crippen molar-refractivity contribution in [2.24, 2.45) is 5.73 Å². The van der Waals surface area contributed by atoms with E-state index < -0.39 is 27.6 Å². The highest BCUT2D eigenvalue weighted by Gasteiger charge is 2.29. The monoisotopic (exact) mass is 578 g/mol. The van der Waals surface area contributed by atoms with E-state index >= 15 is 0 Å². The van der Waals surface area contributed by atoms with Crippen LogP contribution in [0.1, 0.15) is 47.2 Å². The van der Waals surface area contributed by atoms with Crippen molar-refractivity contribution in [3.05, 3.63) is 62.2 Å². The Morgan fingerprint density at radius 2 is 1.97 bits per heavy atom. The lowest BCUT2D eigenvalue weighted by atomic mass is 9.98. The number of halogens is 3. The first kappa shape index (κ1) is 24.8. The fourth-order valence-corrected chi connectivity index (χ4v) is 5.71. The predicted molar refractivity (Wildman–Crippen MR) is 126 cm³/mol. The van der Waals surface area contributed by atoms with Crippen LogP contribution < -0.4 is 10.5 Å². The molecular formula is C22H25F2IN2O4S. The Kier molecular flexibility index (Phi) is 8.10. The van der Waals surface area contributed by atoms with Crippen molar-refractivity contribution >= 4 is 38.5 Å². The van der Waals surface area contributed by atoms with Gasteiger partial charge >= 0.3 is 0 Å². The van der Waals surface area contributed by atoms with Gasteiger partial charge in [0.1, 0.15) is 17.4 Å². The number of ether oxygens (including phenoxy) is 1. The van der Waals surface area contributed by atoms with E-state index in [1.54, 1.807) is 12.1 Å². The second-order valence-corrected chi connectivity index (χ2v) is 11.1. The maximum Gasteiger partial charge on any atom is 0.252 e. The minimum Gasteiger partial charge on any atom is -0.493 e. The Morgan fingerprint density at radius 3 is 2.62 bits per heavy atom. The smallest absolute Gasteiger partial charge is 0.252 e. The Morgan fingerprint density at radius 1 is 1.22 bits per heavy atom. The minimum absolute atomic E-state index is 0.00652. The number of rotatable bonds is 8. The summed E-state index contributed by atoms with van der Waals surface area (Å²) in [5.74, 6) is -1.94. The zero-order valence-corrected chi connectivity index (χ0v) is 20.6. The largest absolute Gasteiger partial charge is 0.493 e. The number of sulfonamides is 1. The van der Waals surface area contributed by atoms with Gasteiger partial charge in [0.2, 0.25) is 10.0 Å². The van der Waals surface area contributed by atoms with E-state index in [-0.39, 0.29) is 35.9 Å². The average Bonchev–Trinajstić information content (AvgIpc) is 2.69. The van der Waals surface area contributed by atoms with Crippen LogP contribution in [-0.4, -0.2) is 44.1 Å². The normalized spacial score (nSPS) is 17.3. The number of hydrogen-bond acceptors (Lipinski definition) is 4. The van der Waals surface area contributed by atoms with Crippen molar-refractivity contribution in [3.63, 3.8) is 0 Å². The van der Waals surface area contributed by atoms with Crippen molar-refractivity contribution in [1.82, 2.24) is 4.31 Å². The summed E-state index contributed by atoms with van der Waals surface area (Å²) in [7, 11) is -3.34. The molecule has 1 unspecified atom stereocenters. The van der Waals surface area contributed by atoms with E-state index in [9.17, 15) is 22.0 Å². The van der Waals surface area contributed by atoms with Gasteiger partial charge in [0.05, 0.1) is 18.4 Å². The third-order valence-corrected chi connectivity index (χ3v) is 7.50. The number of primary amides is 1. The van der Waals surface area contributed by atoms with Crippen LogP contribution in [0.5, 0.6) is 5.75 Å². The van der Waals surface area contributed by atoms with Crippen LogP contribution >= 0.6 is 22.6 Å². The predicted octanol–water partition coefficient (Wildman–Crippen LogP) is 3.84. The van der Waals surface area contributed by atoms with Crippen LogP contribution in [0.4, 0.5) is 8.78 Å². The topological polar surface area (TPSA) is 89.7 Å². The first-order valence-electron chi connectivity index (χ1n) is 10.2. The minimum atomic E-state index is -3.34. The lowest BCUT2D eigenvalue weighted by Crippen LogP contribution is -2.43. The molecule has 1 aliphatic rings. The van der Waals surface area contributed by atoms with E-state index in [0.29, 0.717) is 28.5 Å². The number of nitrogens with two attached hydrogens (primary N) is 1. The van der Waals surface area contributed by atoms with Crippen LogP contribution in [0.2, 0.25) is 0 Å². The molecule has 3 rings (SSSR count). The van der Waals surface area contributed by atoms with Gasteiger partial charge in [0.15, 0.2) is 0 Å².